The normalized spacial score (nSPS) is 10.6. The molecule has 0 saturated carbocycles. The zero-order chi connectivity index (χ0) is 18.9. The summed E-state index contributed by atoms with van der Waals surface area (Å²) in [6.07, 6.45) is 0.455. The van der Waals surface area contributed by atoms with Crippen LogP contribution in [0, 0.1) is 0 Å². The lowest BCUT2D eigenvalue weighted by Crippen LogP contribution is -2.23. The number of nitrogens with zero attached hydrogens (tertiary/aromatic N) is 2. The number of thioether (sulfide) groups is 1. The van der Waals surface area contributed by atoms with Crippen molar-refractivity contribution >= 4 is 17.7 Å². The fraction of sp³-hybridized carbons (Fsp3) is 0.250. The summed E-state index contributed by atoms with van der Waals surface area (Å²) in [7, 11) is 1.62. The van der Waals surface area contributed by atoms with E-state index in [2.05, 4.69) is 27.6 Å². The molecule has 0 unspecified atom stereocenters. The highest BCUT2D eigenvalue weighted by atomic mass is 32.2. The minimum Gasteiger partial charge on any atom is -0.497 e. The number of nitrogens with one attached hydrogen (secondary N) is 1. The van der Waals surface area contributed by atoms with Crippen molar-refractivity contribution in [2.45, 2.75) is 18.7 Å². The largest absolute Gasteiger partial charge is 0.497 e. The Balaban J connectivity index is 1.39. The molecule has 0 aliphatic heterocycles. The Kier molecular flexibility index (Phi) is 6.87. The monoisotopic (exact) mass is 383 g/mol. The van der Waals surface area contributed by atoms with Gasteiger partial charge in [0, 0.05) is 23.5 Å². The molecule has 0 radical (unpaired) electrons. The first-order valence-electron chi connectivity index (χ1n) is 8.60. The van der Waals surface area contributed by atoms with Crippen LogP contribution in [0.15, 0.2) is 59.1 Å². The summed E-state index contributed by atoms with van der Waals surface area (Å²) < 4.78 is 10.3. The van der Waals surface area contributed by atoms with Crippen molar-refractivity contribution in [1.29, 1.82) is 0 Å². The standard InChI is InChI=1S/C20H21N3O3S/c1-25-17-9-7-16(8-10-17)20-22-19(26-23-20)13-21-18(24)11-12-27-14-15-5-3-2-4-6-15/h2-10H,11-14H2,1H3,(H,21,24). The summed E-state index contributed by atoms with van der Waals surface area (Å²) in [5, 5.41) is 6.76. The van der Waals surface area contributed by atoms with Crippen LogP contribution < -0.4 is 10.1 Å². The maximum atomic E-state index is 11.9. The minimum atomic E-state index is -0.0280. The fourth-order valence-corrected chi connectivity index (χ4v) is 3.28. The number of benzene rings is 2. The Morgan fingerprint density at radius 3 is 2.67 bits per heavy atom. The number of hydrogen-bond donors (Lipinski definition) is 1. The summed E-state index contributed by atoms with van der Waals surface area (Å²) in [6, 6.07) is 17.6. The molecule has 0 bridgehead atoms. The first-order valence-corrected chi connectivity index (χ1v) is 9.75. The van der Waals surface area contributed by atoms with E-state index in [4.69, 9.17) is 9.26 Å². The topological polar surface area (TPSA) is 77.3 Å². The third-order valence-electron chi connectivity index (χ3n) is 3.84. The van der Waals surface area contributed by atoms with Crippen molar-refractivity contribution in [1.82, 2.24) is 15.5 Å². The molecule has 0 spiro atoms. The lowest BCUT2D eigenvalue weighted by molar-refractivity contribution is -0.120. The maximum absolute atomic E-state index is 11.9. The van der Waals surface area contributed by atoms with E-state index >= 15 is 0 Å². The van der Waals surface area contributed by atoms with Gasteiger partial charge < -0.3 is 14.6 Å². The number of hydrogen-bond acceptors (Lipinski definition) is 6. The number of amides is 1. The highest BCUT2D eigenvalue weighted by Gasteiger charge is 2.10. The van der Waals surface area contributed by atoms with Gasteiger partial charge in [-0.05, 0) is 29.8 Å². The minimum absolute atomic E-state index is 0.0280. The second-order valence-corrected chi connectivity index (χ2v) is 6.91. The quantitative estimate of drug-likeness (QED) is 0.568. The van der Waals surface area contributed by atoms with Crippen LogP contribution in [0.5, 0.6) is 5.75 Å². The molecule has 0 fully saturated rings. The highest BCUT2D eigenvalue weighted by molar-refractivity contribution is 7.98. The molecule has 1 N–H and O–H groups in total. The van der Waals surface area contributed by atoms with Gasteiger partial charge in [0.15, 0.2) is 0 Å². The van der Waals surface area contributed by atoms with Crippen LogP contribution in [-0.4, -0.2) is 28.9 Å². The molecule has 27 heavy (non-hydrogen) atoms. The zero-order valence-corrected chi connectivity index (χ0v) is 15.9. The molecule has 0 atom stereocenters. The summed E-state index contributed by atoms with van der Waals surface area (Å²) in [4.78, 5) is 16.3. The Bertz CT molecular complexity index is 850. The average molecular weight is 383 g/mol. The van der Waals surface area contributed by atoms with E-state index in [1.807, 2.05) is 42.5 Å². The molecule has 1 aromatic heterocycles. The summed E-state index contributed by atoms with van der Waals surface area (Å²) >= 11 is 1.74. The molecule has 140 valence electrons. The smallest absolute Gasteiger partial charge is 0.246 e. The maximum Gasteiger partial charge on any atom is 0.246 e. The van der Waals surface area contributed by atoms with Gasteiger partial charge in [-0.15, -0.1) is 0 Å². The summed E-state index contributed by atoms with van der Waals surface area (Å²) in [5.41, 5.74) is 2.09. The van der Waals surface area contributed by atoms with Crippen molar-refractivity contribution in [2.75, 3.05) is 12.9 Å². The predicted octanol–water partition coefficient (Wildman–Crippen LogP) is 3.68. The van der Waals surface area contributed by atoms with Crippen molar-refractivity contribution in [3.63, 3.8) is 0 Å². The van der Waals surface area contributed by atoms with Gasteiger partial charge in [-0.2, -0.15) is 16.7 Å². The molecule has 6 nitrogen and oxygen atoms in total. The van der Waals surface area contributed by atoms with E-state index in [1.54, 1.807) is 18.9 Å². The molecule has 7 heteroatoms. The van der Waals surface area contributed by atoms with E-state index in [0.717, 1.165) is 22.8 Å². The van der Waals surface area contributed by atoms with E-state index in [-0.39, 0.29) is 12.5 Å². The number of ether oxygens (including phenoxy) is 1. The molecule has 0 aliphatic rings. The van der Waals surface area contributed by atoms with Crippen molar-refractivity contribution < 1.29 is 14.1 Å². The van der Waals surface area contributed by atoms with E-state index in [9.17, 15) is 4.79 Å². The van der Waals surface area contributed by atoms with Gasteiger partial charge in [0.25, 0.3) is 0 Å². The first kappa shape index (κ1) is 19.0. The molecule has 0 saturated heterocycles. The zero-order valence-electron chi connectivity index (χ0n) is 15.1. The third-order valence-corrected chi connectivity index (χ3v) is 4.87. The van der Waals surface area contributed by atoms with Crippen molar-refractivity contribution in [3.8, 4) is 17.1 Å². The predicted molar refractivity (Wildman–Crippen MR) is 105 cm³/mol. The van der Waals surface area contributed by atoms with Crippen LogP contribution in [0.25, 0.3) is 11.4 Å². The lowest BCUT2D eigenvalue weighted by atomic mass is 10.2. The van der Waals surface area contributed by atoms with Crippen molar-refractivity contribution in [3.05, 3.63) is 66.1 Å². The molecule has 0 aliphatic carbocycles. The number of methoxy groups -OCH3 is 1. The van der Waals surface area contributed by atoms with Gasteiger partial charge in [0.1, 0.15) is 5.75 Å². The molecule has 2 aromatic carbocycles. The Morgan fingerprint density at radius 1 is 1.15 bits per heavy atom. The second kappa shape index (κ2) is 9.78. The SMILES string of the molecule is COc1ccc(-c2noc(CNC(=O)CCSCc3ccccc3)n2)cc1. The van der Waals surface area contributed by atoms with Crippen LogP contribution in [-0.2, 0) is 17.1 Å². The third kappa shape index (κ3) is 5.86. The molecule has 1 heterocycles. The number of aromatic nitrogens is 2. The number of rotatable bonds is 9. The van der Waals surface area contributed by atoms with E-state index in [1.165, 1.54) is 5.56 Å². The molecule has 3 rings (SSSR count). The first-order chi connectivity index (χ1) is 13.2. The lowest BCUT2D eigenvalue weighted by Gasteiger charge is -2.03. The second-order valence-electron chi connectivity index (χ2n) is 5.81. The van der Waals surface area contributed by atoms with E-state index in [0.29, 0.717) is 18.1 Å². The van der Waals surface area contributed by atoms with Crippen molar-refractivity contribution in [2.24, 2.45) is 0 Å². The molecular formula is C20H21N3O3S. The van der Waals surface area contributed by atoms with Gasteiger partial charge in [-0.25, -0.2) is 0 Å². The highest BCUT2D eigenvalue weighted by Crippen LogP contribution is 2.19. The van der Waals surface area contributed by atoms with Gasteiger partial charge >= 0.3 is 0 Å². The van der Waals surface area contributed by atoms with Gasteiger partial charge in [-0.3, -0.25) is 4.79 Å². The van der Waals surface area contributed by atoms with Crippen LogP contribution in [0.3, 0.4) is 0 Å². The Hall–Kier alpha value is -2.80. The van der Waals surface area contributed by atoms with Crippen LogP contribution in [0.4, 0.5) is 0 Å². The molecular weight excluding hydrogens is 362 g/mol. The van der Waals surface area contributed by atoms with Crippen LogP contribution >= 0.6 is 11.8 Å². The van der Waals surface area contributed by atoms with Crippen LogP contribution in [0.2, 0.25) is 0 Å². The number of carbonyl (C=O) groups is 1. The summed E-state index contributed by atoms with van der Waals surface area (Å²) in [5.74, 6) is 3.27. The van der Waals surface area contributed by atoms with Crippen LogP contribution in [0.1, 0.15) is 17.9 Å². The van der Waals surface area contributed by atoms with Gasteiger partial charge in [-0.1, -0.05) is 35.5 Å². The van der Waals surface area contributed by atoms with Gasteiger partial charge in [0.05, 0.1) is 13.7 Å². The Morgan fingerprint density at radius 2 is 1.93 bits per heavy atom. The average Bonchev–Trinajstić information content (AvgIpc) is 3.19. The molecule has 3 aromatic rings. The summed E-state index contributed by atoms with van der Waals surface area (Å²) in [6.45, 7) is 0.228. The number of carbonyl (C=O) groups excluding carboxylic acids is 1. The Labute approximate surface area is 162 Å². The van der Waals surface area contributed by atoms with Gasteiger partial charge in [0.2, 0.25) is 17.6 Å². The molecule has 1 amide bonds. The fourth-order valence-electron chi connectivity index (χ4n) is 2.38. The van der Waals surface area contributed by atoms with E-state index < -0.39 is 0 Å².